The molecule has 0 aliphatic rings. The SMILES string of the molecule is CCC(C)(C)C(NC(=O)c1ccc2ccc(C(F)F)cc2c1OCc1ccc(OC(F)(F)F)cc1)C(=O)O. The lowest BCUT2D eigenvalue weighted by Crippen LogP contribution is -2.50. The number of rotatable bonds is 10. The number of hydrogen-bond donors (Lipinski definition) is 2. The van der Waals surface area contributed by atoms with Crippen LogP contribution in [0.5, 0.6) is 11.5 Å². The Balaban J connectivity index is 2.00. The molecule has 0 heterocycles. The number of hydrogen-bond acceptors (Lipinski definition) is 4. The average Bonchev–Trinajstić information content (AvgIpc) is 2.84. The molecule has 1 atom stereocenters. The highest BCUT2D eigenvalue weighted by Crippen LogP contribution is 2.35. The first kappa shape index (κ1) is 28.7. The molecule has 0 fully saturated rings. The molecule has 0 aliphatic heterocycles. The second kappa shape index (κ2) is 11.2. The van der Waals surface area contributed by atoms with Crippen LogP contribution in [0.1, 0.15) is 55.1 Å². The van der Waals surface area contributed by atoms with Crippen molar-refractivity contribution in [2.75, 3.05) is 0 Å². The Labute approximate surface area is 215 Å². The first-order valence-electron chi connectivity index (χ1n) is 11.6. The van der Waals surface area contributed by atoms with Crippen LogP contribution in [0.4, 0.5) is 22.0 Å². The fourth-order valence-corrected chi connectivity index (χ4v) is 3.73. The highest BCUT2D eigenvalue weighted by Gasteiger charge is 2.36. The maximum absolute atomic E-state index is 13.4. The molecule has 1 unspecified atom stereocenters. The molecule has 38 heavy (non-hydrogen) atoms. The Morgan fingerprint density at radius 3 is 2.18 bits per heavy atom. The monoisotopic (exact) mass is 539 g/mol. The molecular formula is C27H26F5NO5. The van der Waals surface area contributed by atoms with E-state index in [2.05, 4.69) is 10.1 Å². The van der Waals surface area contributed by atoms with Crippen molar-refractivity contribution >= 4 is 22.6 Å². The summed E-state index contributed by atoms with van der Waals surface area (Å²) in [5, 5.41) is 12.9. The third-order valence-electron chi connectivity index (χ3n) is 6.25. The summed E-state index contributed by atoms with van der Waals surface area (Å²) in [4.78, 5) is 25.2. The van der Waals surface area contributed by atoms with Crippen molar-refractivity contribution < 1.29 is 46.1 Å². The van der Waals surface area contributed by atoms with E-state index in [0.29, 0.717) is 17.4 Å². The molecule has 6 nitrogen and oxygen atoms in total. The van der Waals surface area contributed by atoms with Gasteiger partial charge in [0.25, 0.3) is 12.3 Å². The van der Waals surface area contributed by atoms with Crippen LogP contribution in [0.25, 0.3) is 10.8 Å². The van der Waals surface area contributed by atoms with Crippen molar-refractivity contribution in [1.82, 2.24) is 5.32 Å². The summed E-state index contributed by atoms with van der Waals surface area (Å²) in [5.74, 6) is -2.54. The van der Waals surface area contributed by atoms with Crippen LogP contribution in [0.15, 0.2) is 54.6 Å². The lowest BCUT2D eigenvalue weighted by molar-refractivity contribution is -0.274. The molecule has 0 spiro atoms. The number of halogens is 5. The Bertz CT molecular complexity index is 1310. The molecule has 0 saturated heterocycles. The largest absolute Gasteiger partial charge is 0.573 e. The zero-order chi connectivity index (χ0) is 28.3. The summed E-state index contributed by atoms with van der Waals surface area (Å²) in [6.45, 7) is 4.92. The lowest BCUT2D eigenvalue weighted by Gasteiger charge is -2.31. The van der Waals surface area contributed by atoms with Crippen LogP contribution in [-0.2, 0) is 11.4 Å². The van der Waals surface area contributed by atoms with Gasteiger partial charge in [0, 0.05) is 10.9 Å². The highest BCUT2D eigenvalue weighted by molar-refractivity contribution is 6.05. The van der Waals surface area contributed by atoms with Gasteiger partial charge in [0.15, 0.2) is 0 Å². The summed E-state index contributed by atoms with van der Waals surface area (Å²) in [7, 11) is 0. The van der Waals surface area contributed by atoms with Crippen LogP contribution < -0.4 is 14.8 Å². The zero-order valence-corrected chi connectivity index (χ0v) is 20.7. The van der Waals surface area contributed by atoms with Gasteiger partial charge in [-0.05, 0) is 47.1 Å². The summed E-state index contributed by atoms with van der Waals surface area (Å²) in [6, 6.07) is 10.3. The number of benzene rings is 3. The van der Waals surface area contributed by atoms with E-state index in [-0.39, 0.29) is 28.9 Å². The molecular weight excluding hydrogens is 513 g/mol. The Morgan fingerprint density at radius 2 is 1.63 bits per heavy atom. The van der Waals surface area contributed by atoms with Gasteiger partial charge in [0.1, 0.15) is 24.1 Å². The van der Waals surface area contributed by atoms with Crippen LogP contribution in [0.2, 0.25) is 0 Å². The molecule has 0 aromatic heterocycles. The van der Waals surface area contributed by atoms with E-state index >= 15 is 0 Å². The normalized spacial score (nSPS) is 12.9. The van der Waals surface area contributed by atoms with E-state index in [1.807, 2.05) is 0 Å². The van der Waals surface area contributed by atoms with Gasteiger partial charge in [-0.25, -0.2) is 13.6 Å². The predicted molar refractivity (Wildman–Crippen MR) is 129 cm³/mol. The van der Waals surface area contributed by atoms with Crippen LogP contribution in [0.3, 0.4) is 0 Å². The first-order chi connectivity index (χ1) is 17.7. The number of carbonyl (C=O) groups excluding carboxylic acids is 1. The van der Waals surface area contributed by atoms with Gasteiger partial charge < -0.3 is 19.9 Å². The quantitative estimate of drug-likeness (QED) is 0.275. The zero-order valence-electron chi connectivity index (χ0n) is 20.7. The fraction of sp³-hybridized carbons (Fsp3) is 0.333. The smallest absolute Gasteiger partial charge is 0.487 e. The van der Waals surface area contributed by atoms with E-state index in [1.54, 1.807) is 20.8 Å². The van der Waals surface area contributed by atoms with E-state index < -0.39 is 41.9 Å². The average molecular weight is 539 g/mol. The fourth-order valence-electron chi connectivity index (χ4n) is 3.73. The second-order valence-corrected chi connectivity index (χ2v) is 9.29. The highest BCUT2D eigenvalue weighted by atomic mass is 19.4. The number of nitrogens with one attached hydrogen (secondary N) is 1. The molecule has 0 bridgehead atoms. The molecule has 3 aromatic rings. The molecule has 2 N–H and O–H groups in total. The van der Waals surface area contributed by atoms with Gasteiger partial charge in [-0.15, -0.1) is 13.2 Å². The molecule has 0 saturated carbocycles. The van der Waals surface area contributed by atoms with E-state index in [1.165, 1.54) is 42.5 Å². The summed E-state index contributed by atoms with van der Waals surface area (Å²) >= 11 is 0. The summed E-state index contributed by atoms with van der Waals surface area (Å²) in [5.41, 5.74) is -0.797. The minimum absolute atomic E-state index is 0.0726. The molecule has 3 rings (SSSR count). The topological polar surface area (TPSA) is 84.9 Å². The van der Waals surface area contributed by atoms with Crippen molar-refractivity contribution in [3.63, 3.8) is 0 Å². The number of fused-ring (bicyclic) bond motifs is 1. The van der Waals surface area contributed by atoms with Crippen molar-refractivity contribution in [2.45, 2.75) is 52.6 Å². The molecule has 204 valence electrons. The number of ether oxygens (including phenoxy) is 2. The van der Waals surface area contributed by atoms with Gasteiger partial charge >= 0.3 is 12.3 Å². The molecule has 0 aliphatic carbocycles. The second-order valence-electron chi connectivity index (χ2n) is 9.29. The number of carboxylic acids is 1. The first-order valence-corrected chi connectivity index (χ1v) is 11.6. The number of amides is 1. The number of aliphatic carboxylic acids is 1. The number of alkyl halides is 5. The standard InChI is InChI=1S/C27H26F5NO5/c1-4-26(2,3)22(25(35)36)33-24(34)19-12-9-16-7-8-17(23(28)29)13-20(16)21(19)37-14-15-5-10-18(11-6-15)38-27(30,31)32/h5-13,22-23H,4,14H2,1-3H3,(H,33,34)(H,35,36). The third-order valence-corrected chi connectivity index (χ3v) is 6.25. The summed E-state index contributed by atoms with van der Waals surface area (Å²) in [6.07, 6.45) is -7.21. The van der Waals surface area contributed by atoms with Crippen molar-refractivity contribution in [2.24, 2.45) is 5.41 Å². The maximum atomic E-state index is 13.4. The van der Waals surface area contributed by atoms with Crippen LogP contribution >= 0.6 is 0 Å². The Kier molecular flexibility index (Phi) is 8.48. The van der Waals surface area contributed by atoms with Gasteiger partial charge in [-0.3, -0.25) is 4.79 Å². The van der Waals surface area contributed by atoms with Crippen molar-refractivity contribution in [3.05, 3.63) is 71.3 Å². The van der Waals surface area contributed by atoms with Crippen molar-refractivity contribution in [3.8, 4) is 11.5 Å². The van der Waals surface area contributed by atoms with Gasteiger partial charge in [0.05, 0.1) is 5.56 Å². The van der Waals surface area contributed by atoms with E-state index in [4.69, 9.17) is 4.74 Å². The van der Waals surface area contributed by atoms with Gasteiger partial charge in [-0.2, -0.15) is 0 Å². The lowest BCUT2D eigenvalue weighted by atomic mass is 9.81. The molecule has 1 amide bonds. The van der Waals surface area contributed by atoms with E-state index in [9.17, 15) is 36.6 Å². The molecule has 11 heteroatoms. The van der Waals surface area contributed by atoms with Crippen LogP contribution in [-0.4, -0.2) is 29.4 Å². The summed E-state index contributed by atoms with van der Waals surface area (Å²) < 4.78 is 73.9. The van der Waals surface area contributed by atoms with Gasteiger partial charge in [-0.1, -0.05) is 51.1 Å². The third kappa shape index (κ3) is 6.90. The Morgan fingerprint density at radius 1 is 1.00 bits per heavy atom. The van der Waals surface area contributed by atoms with Gasteiger partial charge in [0.2, 0.25) is 0 Å². The maximum Gasteiger partial charge on any atom is 0.573 e. The minimum Gasteiger partial charge on any atom is -0.487 e. The van der Waals surface area contributed by atoms with E-state index in [0.717, 1.165) is 12.1 Å². The van der Waals surface area contributed by atoms with Crippen LogP contribution in [0, 0.1) is 5.41 Å². The molecule has 0 radical (unpaired) electrons. The molecule has 3 aromatic carbocycles. The number of carboxylic acid groups (broad SMARTS) is 1. The minimum atomic E-state index is -4.86. The predicted octanol–water partition coefficient (Wildman–Crippen LogP) is 6.87. The Hall–Kier alpha value is -3.89. The van der Waals surface area contributed by atoms with Crippen molar-refractivity contribution in [1.29, 1.82) is 0 Å². The number of carbonyl (C=O) groups is 2.